The third-order valence-electron chi connectivity index (χ3n) is 1.82. The van der Waals surface area contributed by atoms with Gasteiger partial charge in [-0.3, -0.25) is 9.59 Å². The molecule has 1 aromatic rings. The van der Waals surface area contributed by atoms with Crippen LogP contribution in [0.25, 0.3) is 6.08 Å². The zero-order valence-electron chi connectivity index (χ0n) is 8.27. The zero-order valence-corrected chi connectivity index (χ0v) is 8.27. The maximum Gasteiger partial charge on any atom is 0.241 e. The Labute approximate surface area is 87.3 Å². The standard InChI is InChI=1S/C11H11NO3/c1-15-10-4-2-8(3-5-11(12)14)6-9(10)7-13/h2-7H,1H3,(H2,12,14). The number of methoxy groups -OCH3 is 1. The highest BCUT2D eigenvalue weighted by Crippen LogP contribution is 2.18. The highest BCUT2D eigenvalue weighted by molar-refractivity contribution is 5.90. The number of ether oxygens (including phenoxy) is 1. The monoisotopic (exact) mass is 205 g/mol. The second-order valence-electron chi connectivity index (χ2n) is 2.85. The lowest BCUT2D eigenvalue weighted by Crippen LogP contribution is -2.05. The Morgan fingerprint density at radius 2 is 2.20 bits per heavy atom. The molecule has 0 fully saturated rings. The normalized spacial score (nSPS) is 10.2. The number of carbonyl (C=O) groups is 2. The van der Waals surface area contributed by atoms with Crippen molar-refractivity contribution in [2.75, 3.05) is 7.11 Å². The maximum absolute atomic E-state index is 10.7. The first-order chi connectivity index (χ1) is 7.17. The topological polar surface area (TPSA) is 69.4 Å². The van der Waals surface area contributed by atoms with Gasteiger partial charge in [-0.05, 0) is 23.8 Å². The molecule has 0 radical (unpaired) electrons. The lowest BCUT2D eigenvalue weighted by atomic mass is 10.1. The molecule has 1 rings (SSSR count). The first-order valence-electron chi connectivity index (χ1n) is 4.28. The van der Waals surface area contributed by atoms with Crippen molar-refractivity contribution in [2.24, 2.45) is 5.73 Å². The maximum atomic E-state index is 10.7. The molecule has 4 nitrogen and oxygen atoms in total. The molecule has 0 saturated heterocycles. The summed E-state index contributed by atoms with van der Waals surface area (Å²) in [4.78, 5) is 21.2. The highest BCUT2D eigenvalue weighted by Gasteiger charge is 2.01. The van der Waals surface area contributed by atoms with Crippen LogP contribution < -0.4 is 10.5 Å². The molecule has 0 aromatic heterocycles. The van der Waals surface area contributed by atoms with E-state index in [2.05, 4.69) is 0 Å². The van der Waals surface area contributed by atoms with Crippen LogP contribution in [0.4, 0.5) is 0 Å². The molecule has 0 heterocycles. The molecule has 0 unspecified atom stereocenters. The van der Waals surface area contributed by atoms with E-state index in [1.54, 1.807) is 18.2 Å². The minimum atomic E-state index is -0.529. The van der Waals surface area contributed by atoms with Crippen molar-refractivity contribution >= 4 is 18.3 Å². The van der Waals surface area contributed by atoms with Gasteiger partial charge in [0.1, 0.15) is 5.75 Å². The van der Waals surface area contributed by atoms with Crippen molar-refractivity contribution in [1.82, 2.24) is 0 Å². The molecule has 15 heavy (non-hydrogen) atoms. The average Bonchev–Trinajstić information content (AvgIpc) is 2.25. The van der Waals surface area contributed by atoms with Gasteiger partial charge in [-0.25, -0.2) is 0 Å². The van der Waals surface area contributed by atoms with Crippen LogP contribution in [0.2, 0.25) is 0 Å². The van der Waals surface area contributed by atoms with Gasteiger partial charge in [0.25, 0.3) is 0 Å². The fraction of sp³-hybridized carbons (Fsp3) is 0.0909. The molecule has 1 aromatic carbocycles. The largest absolute Gasteiger partial charge is 0.496 e. The summed E-state index contributed by atoms with van der Waals surface area (Å²) in [5.41, 5.74) is 6.10. The van der Waals surface area contributed by atoms with Crippen LogP contribution in [0.3, 0.4) is 0 Å². The van der Waals surface area contributed by atoms with Gasteiger partial charge in [-0.15, -0.1) is 0 Å². The molecule has 0 saturated carbocycles. The quantitative estimate of drug-likeness (QED) is 0.589. The van der Waals surface area contributed by atoms with Gasteiger partial charge in [0.2, 0.25) is 5.91 Å². The van der Waals surface area contributed by atoms with Crippen LogP contribution in [0.15, 0.2) is 24.3 Å². The SMILES string of the molecule is COc1ccc(C=CC(N)=O)cc1C=O. The number of nitrogens with two attached hydrogens (primary N) is 1. The number of primary amides is 1. The van der Waals surface area contributed by atoms with Crippen LogP contribution >= 0.6 is 0 Å². The number of amides is 1. The van der Waals surface area contributed by atoms with Crippen LogP contribution in [-0.2, 0) is 4.79 Å². The summed E-state index contributed by atoms with van der Waals surface area (Å²) >= 11 is 0. The van der Waals surface area contributed by atoms with Gasteiger partial charge < -0.3 is 10.5 Å². The van der Waals surface area contributed by atoms with Crippen molar-refractivity contribution in [2.45, 2.75) is 0 Å². The van der Waals surface area contributed by atoms with Crippen molar-refractivity contribution in [3.63, 3.8) is 0 Å². The number of hydrogen-bond acceptors (Lipinski definition) is 3. The summed E-state index contributed by atoms with van der Waals surface area (Å²) in [6, 6.07) is 5.00. The van der Waals surface area contributed by atoms with Gasteiger partial charge in [0.05, 0.1) is 12.7 Å². The average molecular weight is 205 g/mol. The highest BCUT2D eigenvalue weighted by atomic mass is 16.5. The molecule has 0 atom stereocenters. The Kier molecular flexibility index (Phi) is 3.62. The fourth-order valence-electron chi connectivity index (χ4n) is 1.13. The predicted octanol–water partition coefficient (Wildman–Crippen LogP) is 1.01. The Morgan fingerprint density at radius 3 is 2.73 bits per heavy atom. The molecule has 1 amide bonds. The van der Waals surface area contributed by atoms with Crippen molar-refractivity contribution < 1.29 is 14.3 Å². The lowest BCUT2D eigenvalue weighted by molar-refractivity contribution is -0.113. The molecule has 0 aliphatic heterocycles. The summed E-state index contributed by atoms with van der Waals surface area (Å²) in [5, 5.41) is 0. The Hall–Kier alpha value is -2.10. The van der Waals surface area contributed by atoms with E-state index in [0.29, 0.717) is 17.6 Å². The first-order valence-corrected chi connectivity index (χ1v) is 4.28. The van der Waals surface area contributed by atoms with Crippen molar-refractivity contribution in [1.29, 1.82) is 0 Å². The number of hydrogen-bond donors (Lipinski definition) is 1. The minimum Gasteiger partial charge on any atom is -0.496 e. The third kappa shape index (κ3) is 2.95. The first kappa shape index (κ1) is 11.0. The van der Waals surface area contributed by atoms with Gasteiger partial charge >= 0.3 is 0 Å². The number of aldehydes is 1. The summed E-state index contributed by atoms with van der Waals surface area (Å²) in [6.45, 7) is 0. The van der Waals surface area contributed by atoms with E-state index in [1.165, 1.54) is 19.3 Å². The fourth-order valence-corrected chi connectivity index (χ4v) is 1.13. The van der Waals surface area contributed by atoms with E-state index in [1.807, 2.05) is 0 Å². The number of benzene rings is 1. The van der Waals surface area contributed by atoms with Crippen LogP contribution in [0, 0.1) is 0 Å². The molecule has 0 spiro atoms. The molecular formula is C11H11NO3. The van der Waals surface area contributed by atoms with E-state index >= 15 is 0 Å². The Bertz CT molecular complexity index is 410. The second kappa shape index (κ2) is 4.95. The third-order valence-corrected chi connectivity index (χ3v) is 1.82. The minimum absolute atomic E-state index is 0.434. The number of carbonyl (C=O) groups excluding carboxylic acids is 2. The van der Waals surface area contributed by atoms with Crippen molar-refractivity contribution in [3.8, 4) is 5.75 Å². The van der Waals surface area contributed by atoms with Gasteiger partial charge in [0.15, 0.2) is 6.29 Å². The summed E-state index contributed by atoms with van der Waals surface area (Å²) in [6.07, 6.45) is 3.46. The van der Waals surface area contributed by atoms with Crippen LogP contribution in [-0.4, -0.2) is 19.3 Å². The van der Waals surface area contributed by atoms with Gasteiger partial charge in [0, 0.05) is 6.08 Å². The zero-order chi connectivity index (χ0) is 11.3. The van der Waals surface area contributed by atoms with Crippen molar-refractivity contribution in [3.05, 3.63) is 35.4 Å². The molecular weight excluding hydrogens is 194 g/mol. The molecule has 2 N–H and O–H groups in total. The summed E-state index contributed by atoms with van der Waals surface area (Å²) in [7, 11) is 1.49. The molecule has 0 bridgehead atoms. The van der Waals surface area contributed by atoms with Gasteiger partial charge in [-0.1, -0.05) is 6.07 Å². The van der Waals surface area contributed by atoms with E-state index in [0.717, 1.165) is 5.56 Å². The Balaban J connectivity index is 3.03. The summed E-state index contributed by atoms with van der Waals surface area (Å²) < 4.78 is 4.97. The molecule has 0 aliphatic rings. The Morgan fingerprint density at radius 1 is 1.47 bits per heavy atom. The van der Waals surface area contributed by atoms with E-state index in [9.17, 15) is 9.59 Å². The van der Waals surface area contributed by atoms with Crippen LogP contribution in [0.1, 0.15) is 15.9 Å². The van der Waals surface area contributed by atoms with E-state index < -0.39 is 5.91 Å². The predicted molar refractivity (Wildman–Crippen MR) is 56.6 cm³/mol. The lowest BCUT2D eigenvalue weighted by Gasteiger charge is -2.03. The van der Waals surface area contributed by atoms with E-state index in [-0.39, 0.29) is 0 Å². The van der Waals surface area contributed by atoms with Gasteiger partial charge in [-0.2, -0.15) is 0 Å². The summed E-state index contributed by atoms with van der Waals surface area (Å²) in [5.74, 6) is -0.0281. The number of rotatable bonds is 4. The van der Waals surface area contributed by atoms with Crippen LogP contribution in [0.5, 0.6) is 5.75 Å². The molecule has 0 aliphatic carbocycles. The molecule has 78 valence electrons. The molecule has 4 heteroatoms. The van der Waals surface area contributed by atoms with E-state index in [4.69, 9.17) is 10.5 Å². The smallest absolute Gasteiger partial charge is 0.241 e. The second-order valence-corrected chi connectivity index (χ2v) is 2.85.